The molecule has 128 valence electrons. The summed E-state index contributed by atoms with van der Waals surface area (Å²) in [5.74, 6) is -0.469. The Balaban J connectivity index is 2.58. The third kappa shape index (κ3) is 4.12. The quantitative estimate of drug-likeness (QED) is 0.751. The maximum absolute atomic E-state index is 11.5. The first-order valence-electron chi connectivity index (χ1n) is 6.27. The largest absolute Gasteiger partial charge is 0.456 e. The van der Waals surface area contributed by atoms with E-state index in [1.807, 2.05) is 0 Å². The molecule has 2 aromatic carbocycles. The summed E-state index contributed by atoms with van der Waals surface area (Å²) in [5.41, 5.74) is 0.0505. The highest BCUT2D eigenvalue weighted by Crippen LogP contribution is 2.31. The Morgan fingerprint density at radius 1 is 0.840 bits per heavy atom. The van der Waals surface area contributed by atoms with Crippen molar-refractivity contribution in [1.82, 2.24) is 0 Å². The fraction of sp³-hybridized carbons (Fsp3) is 0. The number of nitriles is 2. The third-order valence-electron chi connectivity index (χ3n) is 2.95. The van der Waals surface area contributed by atoms with E-state index in [4.69, 9.17) is 19.8 Å². The van der Waals surface area contributed by atoms with E-state index < -0.39 is 35.8 Å². The predicted octanol–water partition coefficient (Wildman–Crippen LogP) is 1.72. The fourth-order valence-electron chi connectivity index (χ4n) is 1.84. The molecule has 9 nitrogen and oxygen atoms in total. The summed E-state index contributed by atoms with van der Waals surface area (Å²) in [6.07, 6.45) is 0. The van der Waals surface area contributed by atoms with E-state index in [0.29, 0.717) is 6.07 Å². The van der Waals surface area contributed by atoms with E-state index in [0.717, 1.165) is 12.1 Å². The maximum Gasteiger partial charge on any atom is 0.298 e. The smallest absolute Gasteiger partial charge is 0.298 e. The molecule has 0 aliphatic carbocycles. The molecule has 0 fully saturated rings. The van der Waals surface area contributed by atoms with Crippen molar-refractivity contribution in [3.05, 3.63) is 47.5 Å². The molecule has 0 atom stereocenters. The zero-order valence-electron chi connectivity index (χ0n) is 12.1. The first-order chi connectivity index (χ1) is 11.6. The van der Waals surface area contributed by atoms with Gasteiger partial charge in [-0.15, -0.1) is 0 Å². The van der Waals surface area contributed by atoms with Gasteiger partial charge in [0.1, 0.15) is 28.5 Å². The standard InChI is InChI=1S/C14H8N2O7S2/c15-7-9-1-2-11(5-10(9)8-16)23-13-4-3-12(24(17,18)19)6-14(13)25(20,21)22/h1-6H,(H,17,18,19)(H,20,21,22). The molecule has 0 saturated heterocycles. The van der Waals surface area contributed by atoms with Crippen LogP contribution in [-0.4, -0.2) is 25.9 Å². The Bertz CT molecular complexity index is 1140. The molecule has 2 N–H and O–H groups in total. The first kappa shape index (κ1) is 18.4. The van der Waals surface area contributed by atoms with Crippen molar-refractivity contribution in [2.75, 3.05) is 0 Å². The molecular formula is C14H8N2O7S2. The number of ether oxygens (including phenoxy) is 1. The van der Waals surface area contributed by atoms with Gasteiger partial charge in [-0.25, -0.2) is 0 Å². The molecule has 25 heavy (non-hydrogen) atoms. The van der Waals surface area contributed by atoms with Gasteiger partial charge < -0.3 is 4.74 Å². The molecule has 0 aromatic heterocycles. The van der Waals surface area contributed by atoms with Gasteiger partial charge >= 0.3 is 0 Å². The third-order valence-corrected chi connectivity index (χ3v) is 4.68. The van der Waals surface area contributed by atoms with Gasteiger partial charge in [0.25, 0.3) is 20.2 Å². The number of benzene rings is 2. The van der Waals surface area contributed by atoms with Crippen molar-refractivity contribution < 1.29 is 30.7 Å². The van der Waals surface area contributed by atoms with Gasteiger partial charge in [-0.2, -0.15) is 27.4 Å². The Kier molecular flexibility index (Phi) is 4.78. The molecule has 0 heterocycles. The molecule has 0 radical (unpaired) electrons. The maximum atomic E-state index is 11.5. The minimum absolute atomic E-state index is 0.0250. The lowest BCUT2D eigenvalue weighted by molar-refractivity contribution is 0.448. The van der Waals surface area contributed by atoms with Crippen LogP contribution in [0.1, 0.15) is 11.1 Å². The summed E-state index contributed by atoms with van der Waals surface area (Å²) in [6.45, 7) is 0. The molecule has 2 rings (SSSR count). The predicted molar refractivity (Wildman–Crippen MR) is 82.0 cm³/mol. The normalized spacial score (nSPS) is 11.4. The van der Waals surface area contributed by atoms with Crippen molar-refractivity contribution in [1.29, 1.82) is 10.5 Å². The van der Waals surface area contributed by atoms with Crippen molar-refractivity contribution in [2.24, 2.45) is 0 Å². The summed E-state index contributed by atoms with van der Waals surface area (Å²) in [4.78, 5) is -1.66. The van der Waals surface area contributed by atoms with Crippen LogP contribution in [-0.2, 0) is 20.2 Å². The monoisotopic (exact) mass is 380 g/mol. The Hall–Kier alpha value is -2.96. The molecule has 0 amide bonds. The van der Waals surface area contributed by atoms with E-state index in [-0.39, 0.29) is 16.9 Å². The molecule has 0 aliphatic heterocycles. The fourth-order valence-corrected chi connectivity index (χ4v) is 3.06. The first-order valence-corrected chi connectivity index (χ1v) is 9.15. The highest BCUT2D eigenvalue weighted by atomic mass is 32.2. The average molecular weight is 380 g/mol. The van der Waals surface area contributed by atoms with Gasteiger partial charge in [0.2, 0.25) is 0 Å². The van der Waals surface area contributed by atoms with E-state index >= 15 is 0 Å². The van der Waals surface area contributed by atoms with Gasteiger partial charge in [-0.05, 0) is 36.4 Å². The summed E-state index contributed by atoms with van der Waals surface area (Å²) in [5, 5.41) is 17.8. The van der Waals surface area contributed by atoms with Crippen LogP contribution in [0.15, 0.2) is 46.2 Å². The van der Waals surface area contributed by atoms with E-state index in [1.165, 1.54) is 18.2 Å². The minimum atomic E-state index is -4.88. The number of nitrogens with zero attached hydrogens (tertiary/aromatic N) is 2. The molecular weight excluding hydrogens is 372 g/mol. The van der Waals surface area contributed by atoms with Crippen LogP contribution >= 0.6 is 0 Å². The SMILES string of the molecule is N#Cc1ccc(Oc2ccc(S(=O)(=O)O)cc2S(=O)(=O)O)cc1C#N. The molecule has 0 bridgehead atoms. The van der Waals surface area contributed by atoms with Crippen LogP contribution in [0.5, 0.6) is 11.5 Å². The van der Waals surface area contributed by atoms with Crippen LogP contribution in [0.3, 0.4) is 0 Å². The van der Waals surface area contributed by atoms with Gasteiger partial charge in [0.05, 0.1) is 16.0 Å². The van der Waals surface area contributed by atoms with Crippen LogP contribution < -0.4 is 4.74 Å². The van der Waals surface area contributed by atoms with E-state index in [2.05, 4.69) is 0 Å². The second-order valence-corrected chi connectivity index (χ2v) is 7.40. The topological polar surface area (TPSA) is 166 Å². The van der Waals surface area contributed by atoms with Crippen molar-refractivity contribution in [3.63, 3.8) is 0 Å². The van der Waals surface area contributed by atoms with Crippen LogP contribution in [0.4, 0.5) is 0 Å². The van der Waals surface area contributed by atoms with Crippen LogP contribution in [0.2, 0.25) is 0 Å². The van der Waals surface area contributed by atoms with Crippen molar-refractivity contribution >= 4 is 20.2 Å². The van der Waals surface area contributed by atoms with Crippen LogP contribution in [0, 0.1) is 22.7 Å². The second kappa shape index (κ2) is 6.51. The number of hydrogen-bond acceptors (Lipinski definition) is 7. The lowest BCUT2D eigenvalue weighted by Gasteiger charge is -2.11. The highest BCUT2D eigenvalue weighted by molar-refractivity contribution is 7.86. The molecule has 0 saturated carbocycles. The van der Waals surface area contributed by atoms with E-state index in [1.54, 1.807) is 12.1 Å². The Morgan fingerprint density at radius 2 is 1.48 bits per heavy atom. The highest BCUT2D eigenvalue weighted by Gasteiger charge is 2.22. The van der Waals surface area contributed by atoms with Crippen LogP contribution in [0.25, 0.3) is 0 Å². The van der Waals surface area contributed by atoms with Gasteiger partial charge in [0.15, 0.2) is 0 Å². The number of hydrogen-bond donors (Lipinski definition) is 2. The van der Waals surface area contributed by atoms with Gasteiger partial charge in [-0.1, -0.05) is 0 Å². The molecule has 0 aliphatic rings. The van der Waals surface area contributed by atoms with Gasteiger partial charge in [-0.3, -0.25) is 9.11 Å². The van der Waals surface area contributed by atoms with Gasteiger partial charge in [0, 0.05) is 0 Å². The second-order valence-electron chi connectivity index (χ2n) is 4.59. The summed E-state index contributed by atoms with van der Waals surface area (Å²) >= 11 is 0. The zero-order chi connectivity index (χ0) is 18.8. The molecule has 0 unspecified atom stereocenters. The van der Waals surface area contributed by atoms with E-state index in [9.17, 15) is 21.4 Å². The minimum Gasteiger partial charge on any atom is -0.456 e. The number of rotatable bonds is 4. The molecule has 2 aromatic rings. The lowest BCUT2D eigenvalue weighted by Crippen LogP contribution is -2.05. The Morgan fingerprint density at radius 3 is 2.00 bits per heavy atom. The lowest BCUT2D eigenvalue weighted by atomic mass is 10.1. The van der Waals surface area contributed by atoms with Crippen molar-refractivity contribution in [2.45, 2.75) is 9.79 Å². The Labute approximate surface area is 142 Å². The average Bonchev–Trinajstić information content (AvgIpc) is 2.53. The van der Waals surface area contributed by atoms with Crippen molar-refractivity contribution in [3.8, 4) is 23.6 Å². The molecule has 11 heteroatoms. The zero-order valence-corrected chi connectivity index (χ0v) is 13.7. The molecule has 0 spiro atoms. The summed E-state index contributed by atoms with van der Waals surface area (Å²) in [7, 11) is -9.59. The summed E-state index contributed by atoms with van der Waals surface area (Å²) < 4.78 is 68.6. The summed E-state index contributed by atoms with van der Waals surface area (Å²) in [6, 6.07) is 9.58.